The van der Waals surface area contributed by atoms with Crippen LogP contribution in [0.25, 0.3) is 11.0 Å². The van der Waals surface area contributed by atoms with Crippen molar-refractivity contribution in [1.29, 1.82) is 0 Å². The molecule has 2 aromatic rings. The second-order valence-electron chi connectivity index (χ2n) is 2.71. The average molecular weight is 211 g/mol. The second kappa shape index (κ2) is 3.31. The Morgan fingerprint density at radius 3 is 3.14 bits per heavy atom. The maximum Gasteiger partial charge on any atom is 0.340 e. The van der Waals surface area contributed by atoms with Crippen molar-refractivity contribution < 1.29 is 9.53 Å². The first-order valence-corrected chi connectivity index (χ1v) is 4.31. The van der Waals surface area contributed by atoms with Crippen molar-refractivity contribution in [2.45, 2.75) is 0 Å². The topological polar surface area (TPSA) is 55.0 Å². The number of rotatable bonds is 1. The zero-order chi connectivity index (χ0) is 10.1. The summed E-state index contributed by atoms with van der Waals surface area (Å²) in [5.41, 5.74) is 0.985. The summed E-state index contributed by atoms with van der Waals surface area (Å²) < 4.78 is 4.61. The molecule has 2 aromatic heterocycles. The van der Waals surface area contributed by atoms with Crippen molar-refractivity contribution in [2.75, 3.05) is 7.11 Å². The summed E-state index contributed by atoms with van der Waals surface area (Å²) in [6.45, 7) is 0. The number of nitrogens with one attached hydrogen (secondary N) is 1. The van der Waals surface area contributed by atoms with Crippen LogP contribution in [0, 0.1) is 0 Å². The Kier molecular flexibility index (Phi) is 2.13. The molecule has 0 aliphatic heterocycles. The molecule has 4 nitrogen and oxygen atoms in total. The molecule has 2 rings (SSSR count). The fourth-order valence-corrected chi connectivity index (χ4v) is 1.54. The zero-order valence-corrected chi connectivity index (χ0v) is 8.13. The predicted molar refractivity (Wildman–Crippen MR) is 52.4 cm³/mol. The summed E-state index contributed by atoms with van der Waals surface area (Å²) >= 11 is 5.94. The number of fused-ring (bicyclic) bond motifs is 1. The molecule has 1 N–H and O–H groups in total. The van der Waals surface area contributed by atoms with Gasteiger partial charge in [-0.25, -0.2) is 9.78 Å². The lowest BCUT2D eigenvalue weighted by atomic mass is 10.2. The number of hydrogen-bond donors (Lipinski definition) is 1. The van der Waals surface area contributed by atoms with Crippen molar-refractivity contribution in [3.63, 3.8) is 0 Å². The van der Waals surface area contributed by atoms with Crippen molar-refractivity contribution in [3.05, 3.63) is 29.0 Å². The normalized spacial score (nSPS) is 10.4. The van der Waals surface area contributed by atoms with Gasteiger partial charge in [0.15, 0.2) is 0 Å². The van der Waals surface area contributed by atoms with E-state index in [1.54, 1.807) is 12.3 Å². The third kappa shape index (κ3) is 1.24. The van der Waals surface area contributed by atoms with Gasteiger partial charge in [0.05, 0.1) is 23.1 Å². The second-order valence-corrected chi connectivity index (χ2v) is 3.12. The number of carbonyl (C=O) groups is 1. The summed E-state index contributed by atoms with van der Waals surface area (Å²) in [6.07, 6.45) is 3.11. The Morgan fingerprint density at radius 2 is 2.43 bits per heavy atom. The van der Waals surface area contributed by atoms with E-state index in [9.17, 15) is 4.79 Å². The minimum atomic E-state index is -0.425. The number of methoxy groups -OCH3 is 1. The monoisotopic (exact) mass is 210 g/mol. The van der Waals surface area contributed by atoms with Crippen LogP contribution in [0.5, 0.6) is 0 Å². The molecular weight excluding hydrogens is 204 g/mol. The summed E-state index contributed by atoms with van der Waals surface area (Å²) in [6, 6.07) is 1.63. The number of carbonyl (C=O) groups excluding carboxylic acids is 1. The van der Waals surface area contributed by atoms with Gasteiger partial charge in [0.25, 0.3) is 0 Å². The van der Waals surface area contributed by atoms with Gasteiger partial charge in [-0.05, 0) is 6.07 Å². The van der Waals surface area contributed by atoms with Crippen molar-refractivity contribution >= 4 is 28.6 Å². The summed E-state index contributed by atoms with van der Waals surface area (Å²) in [5.74, 6) is -0.425. The van der Waals surface area contributed by atoms with Gasteiger partial charge < -0.3 is 9.72 Å². The first-order valence-electron chi connectivity index (χ1n) is 3.94. The maximum absolute atomic E-state index is 11.3. The molecule has 0 spiro atoms. The molecule has 0 aliphatic rings. The van der Waals surface area contributed by atoms with E-state index in [1.807, 2.05) is 0 Å². The number of H-pyrrole nitrogens is 1. The van der Waals surface area contributed by atoms with E-state index in [-0.39, 0.29) is 0 Å². The van der Waals surface area contributed by atoms with E-state index < -0.39 is 5.97 Å². The van der Waals surface area contributed by atoms with Crippen molar-refractivity contribution in [3.8, 4) is 0 Å². The van der Waals surface area contributed by atoms with E-state index in [2.05, 4.69) is 14.7 Å². The van der Waals surface area contributed by atoms with E-state index in [4.69, 9.17) is 11.6 Å². The van der Waals surface area contributed by atoms with Crippen LogP contribution in [0.15, 0.2) is 18.5 Å². The molecule has 0 aliphatic carbocycles. The van der Waals surface area contributed by atoms with Crippen LogP contribution in [0.4, 0.5) is 0 Å². The van der Waals surface area contributed by atoms with Gasteiger partial charge in [-0.3, -0.25) is 0 Å². The van der Waals surface area contributed by atoms with Gasteiger partial charge in [0.1, 0.15) is 5.65 Å². The average Bonchev–Trinajstić information content (AvgIpc) is 2.62. The van der Waals surface area contributed by atoms with Gasteiger partial charge in [0.2, 0.25) is 0 Å². The molecule has 0 saturated carbocycles. The number of pyridine rings is 1. The first-order chi connectivity index (χ1) is 6.74. The van der Waals surface area contributed by atoms with Crippen LogP contribution in [-0.4, -0.2) is 23.0 Å². The number of ether oxygens (including phenoxy) is 1. The van der Waals surface area contributed by atoms with Crippen LogP contribution in [0.1, 0.15) is 10.4 Å². The number of aromatic amines is 1. The third-order valence-corrected chi connectivity index (χ3v) is 2.24. The van der Waals surface area contributed by atoms with Gasteiger partial charge in [0, 0.05) is 12.4 Å². The SMILES string of the molecule is COC(=O)c1c[nH]c2nccc(Cl)c12. The van der Waals surface area contributed by atoms with E-state index >= 15 is 0 Å². The Balaban J connectivity index is 2.73. The van der Waals surface area contributed by atoms with Crippen LogP contribution >= 0.6 is 11.6 Å². The van der Waals surface area contributed by atoms with E-state index in [0.29, 0.717) is 21.6 Å². The highest BCUT2D eigenvalue weighted by atomic mass is 35.5. The molecule has 0 unspecified atom stereocenters. The van der Waals surface area contributed by atoms with Crippen LogP contribution < -0.4 is 0 Å². The summed E-state index contributed by atoms with van der Waals surface area (Å²) in [4.78, 5) is 18.2. The minimum absolute atomic E-state index is 0.403. The standard InChI is InChI=1S/C9H7ClN2O2/c1-14-9(13)5-4-12-8-7(5)6(10)2-3-11-8/h2-4H,1H3,(H,11,12). The molecule has 14 heavy (non-hydrogen) atoms. The van der Waals surface area contributed by atoms with E-state index in [1.165, 1.54) is 13.3 Å². The van der Waals surface area contributed by atoms with Gasteiger partial charge in [-0.2, -0.15) is 0 Å². The number of nitrogens with zero attached hydrogens (tertiary/aromatic N) is 1. The number of halogens is 1. The minimum Gasteiger partial charge on any atom is -0.465 e. The van der Waals surface area contributed by atoms with Crippen molar-refractivity contribution in [1.82, 2.24) is 9.97 Å². The highest BCUT2D eigenvalue weighted by molar-refractivity contribution is 6.36. The number of hydrogen-bond acceptors (Lipinski definition) is 3. The largest absolute Gasteiger partial charge is 0.465 e. The summed E-state index contributed by atoms with van der Waals surface area (Å²) in [5, 5.41) is 1.08. The van der Waals surface area contributed by atoms with Gasteiger partial charge in [-0.1, -0.05) is 11.6 Å². The summed E-state index contributed by atoms with van der Waals surface area (Å²) in [7, 11) is 1.32. The third-order valence-electron chi connectivity index (χ3n) is 1.93. The molecule has 0 amide bonds. The fourth-order valence-electron chi connectivity index (χ4n) is 1.29. The molecule has 0 saturated heterocycles. The first kappa shape index (κ1) is 9.02. The zero-order valence-electron chi connectivity index (χ0n) is 7.37. The van der Waals surface area contributed by atoms with Gasteiger partial charge in [-0.15, -0.1) is 0 Å². The Bertz CT molecular complexity index is 493. The van der Waals surface area contributed by atoms with Crippen LogP contribution in [0.2, 0.25) is 5.02 Å². The van der Waals surface area contributed by atoms with Gasteiger partial charge >= 0.3 is 5.97 Å². The van der Waals surface area contributed by atoms with Crippen LogP contribution in [0.3, 0.4) is 0 Å². The molecule has 0 fully saturated rings. The van der Waals surface area contributed by atoms with E-state index in [0.717, 1.165) is 0 Å². The molecule has 0 aromatic carbocycles. The number of aromatic nitrogens is 2. The molecule has 0 bridgehead atoms. The highest BCUT2D eigenvalue weighted by Gasteiger charge is 2.14. The Labute approximate surface area is 84.9 Å². The molecule has 0 radical (unpaired) electrons. The van der Waals surface area contributed by atoms with Crippen LogP contribution in [-0.2, 0) is 4.74 Å². The maximum atomic E-state index is 11.3. The molecular formula is C9H7ClN2O2. The highest BCUT2D eigenvalue weighted by Crippen LogP contribution is 2.25. The molecule has 0 atom stereocenters. The molecule has 72 valence electrons. The smallest absolute Gasteiger partial charge is 0.340 e. The molecule has 5 heteroatoms. The number of esters is 1. The quantitative estimate of drug-likeness (QED) is 0.733. The Hall–Kier alpha value is -1.55. The lowest BCUT2D eigenvalue weighted by Gasteiger charge is -1.97. The predicted octanol–water partition coefficient (Wildman–Crippen LogP) is 2.00. The lowest BCUT2D eigenvalue weighted by molar-refractivity contribution is 0.0603. The van der Waals surface area contributed by atoms with Crippen molar-refractivity contribution in [2.24, 2.45) is 0 Å². The Morgan fingerprint density at radius 1 is 1.64 bits per heavy atom. The molecule has 2 heterocycles. The lowest BCUT2D eigenvalue weighted by Crippen LogP contribution is -1.99. The fraction of sp³-hybridized carbons (Fsp3) is 0.111.